The van der Waals surface area contributed by atoms with E-state index < -0.39 is 6.03 Å². The van der Waals surface area contributed by atoms with Crippen LogP contribution in [-0.2, 0) is 13.6 Å². The van der Waals surface area contributed by atoms with Crippen molar-refractivity contribution in [1.29, 1.82) is 0 Å². The number of anilines is 1. The van der Waals surface area contributed by atoms with Crippen LogP contribution in [0.25, 0.3) is 11.3 Å². The lowest BCUT2D eigenvalue weighted by Gasteiger charge is -2.22. The molecule has 0 bridgehead atoms. The molecule has 0 atom stereocenters. The standard InChI is InChI=1S/C21H23BrN4O4/c1-25-12-16(22)19(24-25)14-6-5-7-15(10-14)26(21(23)27)11-13-8-17(28-2)20(30-4)18(9-13)29-3/h5-10,12H,11H2,1-4H3,(H2,23,27). The van der Waals surface area contributed by atoms with E-state index in [0.29, 0.717) is 22.9 Å². The number of nitrogens with zero attached hydrogens (tertiary/aromatic N) is 3. The molecule has 0 aliphatic rings. The van der Waals surface area contributed by atoms with E-state index in [4.69, 9.17) is 19.9 Å². The van der Waals surface area contributed by atoms with Crippen LogP contribution in [0.15, 0.2) is 47.1 Å². The summed E-state index contributed by atoms with van der Waals surface area (Å²) in [5.74, 6) is 1.49. The second-order valence-electron chi connectivity index (χ2n) is 6.51. The average Bonchev–Trinajstić information content (AvgIpc) is 3.08. The van der Waals surface area contributed by atoms with Crippen LogP contribution in [0.1, 0.15) is 5.56 Å². The Morgan fingerprint density at radius 3 is 2.30 bits per heavy atom. The lowest BCUT2D eigenvalue weighted by atomic mass is 10.1. The number of amides is 2. The van der Waals surface area contributed by atoms with E-state index in [-0.39, 0.29) is 6.54 Å². The van der Waals surface area contributed by atoms with Gasteiger partial charge in [0.1, 0.15) is 5.69 Å². The maximum atomic E-state index is 12.3. The number of aryl methyl sites for hydroxylation is 1. The van der Waals surface area contributed by atoms with E-state index in [1.165, 1.54) is 12.0 Å². The number of urea groups is 1. The van der Waals surface area contributed by atoms with Crippen molar-refractivity contribution < 1.29 is 19.0 Å². The highest BCUT2D eigenvalue weighted by molar-refractivity contribution is 9.10. The molecule has 8 nitrogen and oxygen atoms in total. The van der Waals surface area contributed by atoms with Crippen LogP contribution in [-0.4, -0.2) is 37.1 Å². The molecule has 3 aromatic rings. The predicted octanol–water partition coefficient (Wildman–Crippen LogP) is 3.96. The van der Waals surface area contributed by atoms with Gasteiger partial charge in [0.15, 0.2) is 11.5 Å². The largest absolute Gasteiger partial charge is 0.493 e. The normalized spacial score (nSPS) is 10.6. The van der Waals surface area contributed by atoms with Crippen molar-refractivity contribution in [3.05, 3.63) is 52.6 Å². The summed E-state index contributed by atoms with van der Waals surface area (Å²) in [6, 6.07) is 10.5. The summed E-state index contributed by atoms with van der Waals surface area (Å²) in [6.45, 7) is 0.221. The molecule has 2 aromatic carbocycles. The van der Waals surface area contributed by atoms with E-state index >= 15 is 0 Å². The zero-order valence-corrected chi connectivity index (χ0v) is 18.8. The van der Waals surface area contributed by atoms with Crippen molar-refractivity contribution in [3.8, 4) is 28.5 Å². The van der Waals surface area contributed by atoms with Crippen LogP contribution in [0.3, 0.4) is 0 Å². The molecule has 0 saturated heterocycles. The Balaban J connectivity index is 1.99. The second kappa shape index (κ2) is 9.08. The Kier molecular flexibility index (Phi) is 6.51. The number of carbonyl (C=O) groups is 1. The van der Waals surface area contributed by atoms with Crippen molar-refractivity contribution >= 4 is 27.6 Å². The fraction of sp³-hybridized carbons (Fsp3) is 0.238. The summed E-state index contributed by atoms with van der Waals surface area (Å²) < 4.78 is 18.7. The lowest BCUT2D eigenvalue weighted by molar-refractivity contribution is 0.253. The molecule has 0 unspecified atom stereocenters. The summed E-state index contributed by atoms with van der Waals surface area (Å²) in [4.78, 5) is 13.8. The Bertz CT molecular complexity index is 1040. The first-order valence-corrected chi connectivity index (χ1v) is 9.82. The molecule has 2 N–H and O–H groups in total. The molecule has 0 aliphatic carbocycles. The van der Waals surface area contributed by atoms with Crippen LogP contribution in [0.2, 0.25) is 0 Å². The number of rotatable bonds is 7. The fourth-order valence-electron chi connectivity index (χ4n) is 3.18. The summed E-state index contributed by atoms with van der Waals surface area (Å²) in [5, 5.41) is 4.46. The van der Waals surface area contributed by atoms with E-state index in [1.807, 2.05) is 37.5 Å². The lowest BCUT2D eigenvalue weighted by Crippen LogP contribution is -2.35. The van der Waals surface area contributed by atoms with Gasteiger partial charge in [-0.25, -0.2) is 4.79 Å². The topological polar surface area (TPSA) is 91.8 Å². The smallest absolute Gasteiger partial charge is 0.319 e. The number of hydrogen-bond acceptors (Lipinski definition) is 5. The van der Waals surface area contributed by atoms with Crippen molar-refractivity contribution in [2.45, 2.75) is 6.54 Å². The van der Waals surface area contributed by atoms with Gasteiger partial charge in [0.25, 0.3) is 0 Å². The van der Waals surface area contributed by atoms with Gasteiger partial charge in [-0.15, -0.1) is 0 Å². The van der Waals surface area contributed by atoms with Crippen LogP contribution in [0.4, 0.5) is 10.5 Å². The number of nitrogens with two attached hydrogens (primary N) is 1. The Labute approximate surface area is 183 Å². The Morgan fingerprint density at radius 2 is 1.80 bits per heavy atom. The summed E-state index contributed by atoms with van der Waals surface area (Å²) in [7, 11) is 6.47. The minimum Gasteiger partial charge on any atom is -0.493 e. The maximum Gasteiger partial charge on any atom is 0.319 e. The number of hydrogen-bond donors (Lipinski definition) is 1. The predicted molar refractivity (Wildman–Crippen MR) is 118 cm³/mol. The van der Waals surface area contributed by atoms with Crippen LogP contribution in [0.5, 0.6) is 17.2 Å². The Hall–Kier alpha value is -3.20. The minimum atomic E-state index is -0.582. The molecular formula is C21H23BrN4O4. The molecule has 3 rings (SSSR count). The molecule has 30 heavy (non-hydrogen) atoms. The van der Waals surface area contributed by atoms with E-state index in [1.54, 1.807) is 31.0 Å². The molecule has 0 fully saturated rings. The van der Waals surface area contributed by atoms with Crippen molar-refractivity contribution in [2.24, 2.45) is 12.8 Å². The van der Waals surface area contributed by atoms with Crippen LogP contribution < -0.4 is 24.8 Å². The molecule has 9 heteroatoms. The highest BCUT2D eigenvalue weighted by Crippen LogP contribution is 2.39. The van der Waals surface area contributed by atoms with Gasteiger partial charge in [-0.1, -0.05) is 12.1 Å². The summed E-state index contributed by atoms with van der Waals surface area (Å²) in [5.41, 5.74) is 8.76. The molecule has 0 radical (unpaired) electrons. The van der Waals surface area contributed by atoms with E-state index in [9.17, 15) is 4.79 Å². The number of ether oxygens (including phenoxy) is 3. The third-order valence-electron chi connectivity index (χ3n) is 4.55. The zero-order valence-electron chi connectivity index (χ0n) is 17.2. The van der Waals surface area contributed by atoms with Gasteiger partial charge < -0.3 is 19.9 Å². The van der Waals surface area contributed by atoms with Crippen molar-refractivity contribution in [2.75, 3.05) is 26.2 Å². The molecule has 1 aromatic heterocycles. The van der Waals surface area contributed by atoms with E-state index in [2.05, 4.69) is 21.0 Å². The first-order chi connectivity index (χ1) is 14.4. The number of carbonyl (C=O) groups excluding carboxylic acids is 1. The van der Waals surface area contributed by atoms with Gasteiger partial charge in [0.05, 0.1) is 32.3 Å². The van der Waals surface area contributed by atoms with Crippen LogP contribution in [0, 0.1) is 0 Å². The average molecular weight is 475 g/mol. The minimum absolute atomic E-state index is 0.221. The van der Waals surface area contributed by atoms with Gasteiger partial charge >= 0.3 is 6.03 Å². The fourth-order valence-corrected chi connectivity index (χ4v) is 3.79. The molecule has 2 amide bonds. The second-order valence-corrected chi connectivity index (χ2v) is 7.36. The highest BCUT2D eigenvalue weighted by Gasteiger charge is 2.19. The van der Waals surface area contributed by atoms with E-state index in [0.717, 1.165) is 21.3 Å². The van der Waals surface area contributed by atoms with Crippen molar-refractivity contribution in [3.63, 3.8) is 0 Å². The Morgan fingerprint density at radius 1 is 1.13 bits per heavy atom. The summed E-state index contributed by atoms with van der Waals surface area (Å²) in [6.07, 6.45) is 1.86. The third kappa shape index (κ3) is 4.35. The molecule has 1 heterocycles. The maximum absolute atomic E-state index is 12.3. The summed E-state index contributed by atoms with van der Waals surface area (Å²) >= 11 is 3.52. The molecular weight excluding hydrogens is 452 g/mol. The number of halogens is 1. The first kappa shape index (κ1) is 21.5. The molecule has 0 saturated carbocycles. The molecule has 0 aliphatic heterocycles. The van der Waals surface area contributed by atoms with Crippen molar-refractivity contribution in [1.82, 2.24) is 9.78 Å². The monoisotopic (exact) mass is 474 g/mol. The zero-order chi connectivity index (χ0) is 21.8. The SMILES string of the molecule is COc1cc(CN(C(N)=O)c2cccc(-c3nn(C)cc3Br)c2)cc(OC)c1OC. The van der Waals surface area contributed by atoms with Gasteiger partial charge in [-0.3, -0.25) is 9.58 Å². The highest BCUT2D eigenvalue weighted by atomic mass is 79.9. The van der Waals surface area contributed by atoms with Gasteiger partial charge in [0.2, 0.25) is 5.75 Å². The number of benzene rings is 2. The number of aromatic nitrogens is 2. The molecule has 158 valence electrons. The number of methoxy groups -OCH3 is 3. The number of primary amides is 1. The van der Waals surface area contributed by atoms with Gasteiger partial charge in [-0.2, -0.15) is 5.10 Å². The van der Waals surface area contributed by atoms with Gasteiger partial charge in [0, 0.05) is 24.5 Å². The van der Waals surface area contributed by atoms with Crippen LogP contribution >= 0.6 is 15.9 Å². The quantitative estimate of drug-likeness (QED) is 0.559. The molecule has 0 spiro atoms. The third-order valence-corrected chi connectivity index (χ3v) is 5.13. The van der Waals surface area contributed by atoms with Gasteiger partial charge in [-0.05, 0) is 45.8 Å². The first-order valence-electron chi connectivity index (χ1n) is 9.03.